The van der Waals surface area contributed by atoms with Crippen LogP contribution in [0.15, 0.2) is 102 Å². The van der Waals surface area contributed by atoms with Gasteiger partial charge in [-0.05, 0) is 122 Å². The van der Waals surface area contributed by atoms with E-state index < -0.39 is 31.4 Å². The number of carbonyl (C=O) groups is 1. The van der Waals surface area contributed by atoms with Crippen LogP contribution in [-0.4, -0.2) is 105 Å². The number of nitro groups is 1. The number of halogens is 1. The molecule has 1 amide bonds. The maximum atomic E-state index is 14.0. The fourth-order valence-corrected chi connectivity index (χ4v) is 10.7. The number of rotatable bonds is 14. The number of nitrogens with one attached hydrogen (secondary N) is 3. The topological polar surface area (TPSA) is 162 Å². The Balaban J connectivity index is 0.851. The van der Waals surface area contributed by atoms with Crippen molar-refractivity contribution in [3.05, 3.63) is 123 Å². The summed E-state index contributed by atoms with van der Waals surface area (Å²) in [5, 5.41) is 17.0. The molecule has 16 heteroatoms. The summed E-state index contributed by atoms with van der Waals surface area (Å²) in [5.41, 5.74) is 6.22. The van der Waals surface area contributed by atoms with Crippen molar-refractivity contribution >= 4 is 61.1 Å². The highest BCUT2D eigenvalue weighted by Gasteiger charge is 2.45. The molecule has 10 rings (SSSR count). The number of piperazine rings is 1. The smallest absolute Gasteiger partial charge is 0.293 e. The van der Waals surface area contributed by atoms with Gasteiger partial charge in [0.2, 0.25) is 0 Å². The number of benzene rings is 4. The summed E-state index contributed by atoms with van der Waals surface area (Å²) in [6, 6.07) is 25.0. The minimum Gasteiger partial charge on any atom is -0.456 e. The van der Waals surface area contributed by atoms with Crippen LogP contribution < -0.4 is 19.7 Å². The Hall–Kier alpha value is -5.45. The van der Waals surface area contributed by atoms with E-state index in [0.29, 0.717) is 30.4 Å². The Labute approximate surface area is 377 Å². The average Bonchev–Trinajstić information content (AvgIpc) is 4.24. The molecule has 4 aromatic carbocycles. The molecule has 2 aliphatic heterocycles. The van der Waals surface area contributed by atoms with E-state index in [4.69, 9.17) is 21.1 Å². The van der Waals surface area contributed by atoms with Crippen molar-refractivity contribution < 1.29 is 27.6 Å². The van der Waals surface area contributed by atoms with Crippen molar-refractivity contribution in [1.82, 2.24) is 19.5 Å². The van der Waals surface area contributed by atoms with Crippen molar-refractivity contribution in [2.45, 2.75) is 62.0 Å². The molecular weight excluding hydrogens is 854 g/mol. The fraction of sp³-hybridized carbons (Fsp3) is 0.396. The van der Waals surface area contributed by atoms with Gasteiger partial charge in [-0.3, -0.25) is 24.7 Å². The van der Waals surface area contributed by atoms with Crippen molar-refractivity contribution in [2.24, 2.45) is 5.41 Å². The number of ether oxygens (including phenoxy) is 2. The standard InChI is InChI=1S/C48H52ClN7O7S/c49-35-3-1-32(2-4-35)42-28-48(16-17-48)15-13-34(42)30-53-19-21-54(22-20-53)37-7-10-41(46(26-37)63-38-8-11-43-33(25-38)14-18-50-43)47(57)52-64(60,61)40-9-12-44(45(27-40)56(58)59)51-29-39-31-55(23-24-62-39)36-5-6-36/h1-4,7-12,14,18,25-27,36,39,50-51H,5-6,13,15-17,19-24,28-31H2,(H,52,57). The quantitative estimate of drug-likeness (QED) is 0.0724. The number of H-pyrrole nitrogens is 1. The summed E-state index contributed by atoms with van der Waals surface area (Å²) in [6.07, 6.45) is 10.1. The molecular formula is C48H52ClN7O7S. The molecule has 1 atom stereocenters. The number of aromatic amines is 1. The van der Waals surface area contributed by atoms with Gasteiger partial charge in [0, 0.05) is 98.3 Å². The predicted molar refractivity (Wildman–Crippen MR) is 248 cm³/mol. The lowest BCUT2D eigenvalue weighted by molar-refractivity contribution is -0.384. The van der Waals surface area contributed by atoms with Gasteiger partial charge in [0.15, 0.2) is 0 Å². The van der Waals surface area contributed by atoms with Crippen molar-refractivity contribution in [2.75, 3.05) is 69.2 Å². The van der Waals surface area contributed by atoms with Gasteiger partial charge in [-0.25, -0.2) is 13.1 Å². The number of amides is 1. The first-order valence-electron chi connectivity index (χ1n) is 22.3. The maximum absolute atomic E-state index is 14.0. The van der Waals surface area contributed by atoms with Crippen LogP contribution in [0, 0.1) is 15.5 Å². The summed E-state index contributed by atoms with van der Waals surface area (Å²) in [5.74, 6) is -0.292. The Morgan fingerprint density at radius 3 is 2.53 bits per heavy atom. The van der Waals surface area contributed by atoms with Crippen molar-refractivity contribution in [3.8, 4) is 11.5 Å². The van der Waals surface area contributed by atoms with E-state index in [1.807, 2.05) is 42.6 Å². The number of nitro benzene ring substituents is 1. The molecule has 5 aliphatic rings. The predicted octanol–water partition coefficient (Wildman–Crippen LogP) is 8.46. The van der Waals surface area contributed by atoms with Gasteiger partial charge in [0.25, 0.3) is 21.6 Å². The number of morpholine rings is 1. The second-order valence-corrected chi connectivity index (χ2v) is 20.1. The monoisotopic (exact) mass is 905 g/mol. The van der Waals surface area contributed by atoms with Gasteiger partial charge in [0.05, 0.1) is 28.1 Å². The van der Waals surface area contributed by atoms with Gasteiger partial charge in [0.1, 0.15) is 17.2 Å². The summed E-state index contributed by atoms with van der Waals surface area (Å²) >= 11 is 6.26. The molecule has 0 bridgehead atoms. The van der Waals surface area contributed by atoms with E-state index in [2.05, 4.69) is 41.9 Å². The van der Waals surface area contributed by atoms with Gasteiger partial charge in [-0.2, -0.15) is 0 Å². The van der Waals surface area contributed by atoms with E-state index in [9.17, 15) is 23.3 Å². The minimum atomic E-state index is -4.56. The van der Waals surface area contributed by atoms with Crippen LogP contribution in [0.1, 0.15) is 60.9 Å². The Bertz CT molecular complexity index is 2730. The number of sulfonamides is 1. The highest BCUT2D eigenvalue weighted by Crippen LogP contribution is 2.59. The van der Waals surface area contributed by atoms with Crippen LogP contribution >= 0.6 is 11.6 Å². The molecule has 0 radical (unpaired) electrons. The van der Waals surface area contributed by atoms with Crippen LogP contribution in [0.5, 0.6) is 11.5 Å². The lowest BCUT2D eigenvalue weighted by atomic mass is 9.78. The van der Waals surface area contributed by atoms with E-state index in [1.165, 1.54) is 60.9 Å². The number of nitrogens with zero attached hydrogens (tertiary/aromatic N) is 4. The zero-order valence-corrected chi connectivity index (χ0v) is 37.1. The zero-order valence-electron chi connectivity index (χ0n) is 35.6. The van der Waals surface area contributed by atoms with E-state index in [1.54, 1.807) is 18.2 Å². The first-order valence-corrected chi connectivity index (χ1v) is 24.1. The Kier molecular flexibility index (Phi) is 11.6. The number of aromatic nitrogens is 1. The molecule has 2 saturated heterocycles. The van der Waals surface area contributed by atoms with Crippen molar-refractivity contribution in [3.63, 3.8) is 0 Å². The number of hydrogen-bond acceptors (Lipinski definition) is 11. The van der Waals surface area contributed by atoms with Gasteiger partial charge < -0.3 is 24.7 Å². The first-order chi connectivity index (χ1) is 31.0. The molecule has 1 spiro atoms. The summed E-state index contributed by atoms with van der Waals surface area (Å²) < 4.78 is 42.0. The molecule has 3 heterocycles. The van der Waals surface area contributed by atoms with Gasteiger partial charge in [-0.15, -0.1) is 0 Å². The van der Waals surface area contributed by atoms with Crippen LogP contribution in [-0.2, 0) is 14.8 Å². The summed E-state index contributed by atoms with van der Waals surface area (Å²) in [4.78, 5) is 35.5. The third-order valence-corrected chi connectivity index (χ3v) is 15.2. The molecule has 14 nitrogen and oxygen atoms in total. The normalized spacial score (nSPS) is 20.4. The summed E-state index contributed by atoms with van der Waals surface area (Å²) in [6.45, 7) is 6.60. The molecule has 334 valence electrons. The second kappa shape index (κ2) is 17.5. The number of fused-ring (bicyclic) bond motifs is 1. The second-order valence-electron chi connectivity index (χ2n) is 18.0. The molecule has 64 heavy (non-hydrogen) atoms. The van der Waals surface area contributed by atoms with Crippen LogP contribution in [0.4, 0.5) is 17.1 Å². The molecule has 1 unspecified atom stereocenters. The first kappa shape index (κ1) is 42.5. The molecule has 4 fully saturated rings. The number of allylic oxidation sites excluding steroid dienone is 1. The van der Waals surface area contributed by atoms with Crippen LogP contribution in [0.3, 0.4) is 0 Å². The molecule has 3 N–H and O–H groups in total. The fourth-order valence-electron chi connectivity index (χ4n) is 9.60. The highest BCUT2D eigenvalue weighted by atomic mass is 35.5. The number of carbonyl (C=O) groups excluding carboxylic acids is 1. The number of hydrogen-bond donors (Lipinski definition) is 3. The van der Waals surface area contributed by atoms with Crippen LogP contribution in [0.2, 0.25) is 5.02 Å². The lowest BCUT2D eigenvalue weighted by Gasteiger charge is -2.38. The Morgan fingerprint density at radius 1 is 0.953 bits per heavy atom. The molecule has 5 aromatic rings. The maximum Gasteiger partial charge on any atom is 0.293 e. The third-order valence-electron chi connectivity index (χ3n) is 13.7. The molecule has 3 aliphatic carbocycles. The van der Waals surface area contributed by atoms with E-state index >= 15 is 0 Å². The minimum absolute atomic E-state index is 0.00645. The van der Waals surface area contributed by atoms with Gasteiger partial charge in [-0.1, -0.05) is 29.3 Å². The zero-order chi connectivity index (χ0) is 44.0. The summed E-state index contributed by atoms with van der Waals surface area (Å²) in [7, 11) is -4.56. The Morgan fingerprint density at radius 2 is 1.77 bits per heavy atom. The highest BCUT2D eigenvalue weighted by molar-refractivity contribution is 7.90. The lowest BCUT2D eigenvalue weighted by Crippen LogP contribution is -2.47. The van der Waals surface area contributed by atoms with Crippen LogP contribution in [0.25, 0.3) is 16.5 Å². The van der Waals surface area contributed by atoms with E-state index in [-0.39, 0.29) is 23.1 Å². The molecule has 2 saturated carbocycles. The van der Waals surface area contributed by atoms with E-state index in [0.717, 1.165) is 86.3 Å². The molecule has 1 aromatic heterocycles. The van der Waals surface area contributed by atoms with Gasteiger partial charge >= 0.3 is 0 Å². The third kappa shape index (κ3) is 9.36. The SMILES string of the molecule is O=C(NS(=O)(=O)c1ccc(NCC2CN(C3CC3)CCO2)c([N+](=O)[O-])c1)c1ccc(N2CCN(CC3=C(c4ccc(Cl)cc4)CC4(CC3)CC4)CC2)cc1Oc1ccc2[nH]ccc2c1. The number of anilines is 2. The largest absolute Gasteiger partial charge is 0.456 e. The average molecular weight is 907 g/mol. The van der Waals surface area contributed by atoms with Crippen molar-refractivity contribution in [1.29, 1.82) is 0 Å².